The maximum Gasteiger partial charge on any atom is 0.246 e. The minimum atomic E-state index is -0.486. The van der Waals surface area contributed by atoms with E-state index in [9.17, 15) is 9.18 Å². The van der Waals surface area contributed by atoms with E-state index < -0.39 is 6.04 Å². The molecule has 0 fully saturated rings. The fourth-order valence-corrected chi connectivity index (χ4v) is 1.97. The Morgan fingerprint density at radius 1 is 1.23 bits per heavy atom. The van der Waals surface area contributed by atoms with E-state index in [1.54, 1.807) is 44.2 Å². The number of hydrogen-bond acceptors (Lipinski definition) is 3. The lowest BCUT2D eigenvalue weighted by molar-refractivity contribution is -0.116. The van der Waals surface area contributed by atoms with Crippen LogP contribution in [0.4, 0.5) is 15.8 Å². The van der Waals surface area contributed by atoms with E-state index in [1.807, 2.05) is 6.07 Å². The van der Waals surface area contributed by atoms with Crippen LogP contribution in [0.5, 0.6) is 0 Å². The van der Waals surface area contributed by atoms with Crippen LogP contribution in [0.25, 0.3) is 0 Å². The number of amides is 1. The highest BCUT2D eigenvalue weighted by molar-refractivity contribution is 5.96. The SMILES string of the molecule is Cc1cc(F)ccc1NC(C)C(=O)Nc1ccc(C#N)cc1. The van der Waals surface area contributed by atoms with E-state index in [-0.39, 0.29) is 11.7 Å². The van der Waals surface area contributed by atoms with E-state index in [0.29, 0.717) is 16.9 Å². The third kappa shape index (κ3) is 3.83. The van der Waals surface area contributed by atoms with Crippen LogP contribution in [0.3, 0.4) is 0 Å². The van der Waals surface area contributed by atoms with Gasteiger partial charge in [0.05, 0.1) is 11.6 Å². The predicted molar refractivity (Wildman–Crippen MR) is 84.0 cm³/mol. The number of halogens is 1. The molecule has 2 N–H and O–H groups in total. The number of carbonyl (C=O) groups excluding carboxylic acids is 1. The summed E-state index contributed by atoms with van der Waals surface area (Å²) in [5, 5.41) is 14.5. The van der Waals surface area contributed by atoms with Crippen molar-refractivity contribution in [2.75, 3.05) is 10.6 Å². The number of aryl methyl sites for hydroxylation is 1. The van der Waals surface area contributed by atoms with Gasteiger partial charge in [0.2, 0.25) is 5.91 Å². The molecule has 0 saturated heterocycles. The number of carbonyl (C=O) groups is 1. The third-order valence-electron chi connectivity index (χ3n) is 3.24. The lowest BCUT2D eigenvalue weighted by atomic mass is 10.1. The lowest BCUT2D eigenvalue weighted by Gasteiger charge is -2.17. The van der Waals surface area contributed by atoms with E-state index >= 15 is 0 Å². The first-order valence-corrected chi connectivity index (χ1v) is 6.83. The second-order valence-electron chi connectivity index (χ2n) is 5.00. The molecular weight excluding hydrogens is 281 g/mol. The standard InChI is InChI=1S/C17H16FN3O/c1-11-9-14(18)5-8-16(11)20-12(2)17(22)21-15-6-3-13(10-19)4-7-15/h3-9,12,20H,1-2H3,(H,21,22). The van der Waals surface area contributed by atoms with Crippen LogP contribution in [-0.4, -0.2) is 11.9 Å². The number of hydrogen-bond donors (Lipinski definition) is 2. The summed E-state index contributed by atoms with van der Waals surface area (Å²) in [7, 11) is 0. The fourth-order valence-electron chi connectivity index (χ4n) is 1.97. The zero-order valence-electron chi connectivity index (χ0n) is 12.4. The minimum absolute atomic E-state index is 0.214. The summed E-state index contributed by atoms with van der Waals surface area (Å²) in [6.07, 6.45) is 0. The number of nitriles is 1. The first-order chi connectivity index (χ1) is 10.5. The second kappa shape index (κ2) is 6.72. The summed E-state index contributed by atoms with van der Waals surface area (Å²) in [5.41, 5.74) is 2.60. The van der Waals surface area contributed by atoms with Gasteiger partial charge in [0, 0.05) is 11.4 Å². The molecule has 0 aliphatic carbocycles. The minimum Gasteiger partial charge on any atom is -0.374 e. The van der Waals surface area contributed by atoms with Gasteiger partial charge in [-0.25, -0.2) is 4.39 Å². The molecule has 2 rings (SSSR count). The molecule has 0 aromatic heterocycles. The average molecular weight is 297 g/mol. The first kappa shape index (κ1) is 15.5. The summed E-state index contributed by atoms with van der Waals surface area (Å²) < 4.78 is 13.1. The van der Waals surface area contributed by atoms with Crippen LogP contribution < -0.4 is 10.6 Å². The van der Waals surface area contributed by atoms with Crippen LogP contribution >= 0.6 is 0 Å². The topological polar surface area (TPSA) is 64.9 Å². The quantitative estimate of drug-likeness (QED) is 0.908. The van der Waals surface area contributed by atoms with Crippen LogP contribution in [-0.2, 0) is 4.79 Å². The van der Waals surface area contributed by atoms with Gasteiger partial charge in [-0.1, -0.05) is 0 Å². The van der Waals surface area contributed by atoms with Gasteiger partial charge in [-0.2, -0.15) is 5.26 Å². The number of rotatable bonds is 4. The molecule has 22 heavy (non-hydrogen) atoms. The zero-order chi connectivity index (χ0) is 16.1. The van der Waals surface area contributed by atoms with Gasteiger partial charge in [0.15, 0.2) is 0 Å². The molecule has 5 heteroatoms. The molecule has 0 aliphatic heterocycles. The molecule has 0 aliphatic rings. The highest BCUT2D eigenvalue weighted by atomic mass is 19.1. The van der Waals surface area contributed by atoms with Crippen molar-refractivity contribution in [1.29, 1.82) is 5.26 Å². The number of nitrogens with one attached hydrogen (secondary N) is 2. The van der Waals surface area contributed by atoms with Crippen LogP contribution in [0.1, 0.15) is 18.1 Å². The molecule has 4 nitrogen and oxygen atoms in total. The number of benzene rings is 2. The van der Waals surface area contributed by atoms with Crippen molar-refractivity contribution in [3.63, 3.8) is 0 Å². The Labute approximate surface area is 128 Å². The number of nitrogens with zero attached hydrogens (tertiary/aromatic N) is 1. The summed E-state index contributed by atoms with van der Waals surface area (Å²) in [4.78, 5) is 12.1. The normalized spacial score (nSPS) is 11.4. The highest BCUT2D eigenvalue weighted by Gasteiger charge is 2.14. The largest absolute Gasteiger partial charge is 0.374 e. The van der Waals surface area contributed by atoms with Gasteiger partial charge in [-0.15, -0.1) is 0 Å². The Bertz CT molecular complexity index is 720. The maximum atomic E-state index is 13.1. The van der Waals surface area contributed by atoms with Gasteiger partial charge in [-0.3, -0.25) is 4.79 Å². The molecule has 1 atom stereocenters. The summed E-state index contributed by atoms with van der Waals surface area (Å²) >= 11 is 0. The lowest BCUT2D eigenvalue weighted by Crippen LogP contribution is -2.32. The van der Waals surface area contributed by atoms with Crippen LogP contribution in [0, 0.1) is 24.1 Å². The van der Waals surface area contributed by atoms with Crippen molar-refractivity contribution < 1.29 is 9.18 Å². The highest BCUT2D eigenvalue weighted by Crippen LogP contribution is 2.17. The maximum absolute atomic E-state index is 13.1. The van der Waals surface area contributed by atoms with Gasteiger partial charge < -0.3 is 10.6 Å². The predicted octanol–water partition coefficient (Wildman–Crippen LogP) is 3.44. The molecule has 1 unspecified atom stereocenters. The molecule has 0 heterocycles. The van der Waals surface area contributed by atoms with Gasteiger partial charge >= 0.3 is 0 Å². The fraction of sp³-hybridized carbons (Fsp3) is 0.176. The first-order valence-electron chi connectivity index (χ1n) is 6.83. The average Bonchev–Trinajstić information content (AvgIpc) is 2.50. The Kier molecular flexibility index (Phi) is 4.74. The van der Waals surface area contributed by atoms with Crippen molar-refractivity contribution in [1.82, 2.24) is 0 Å². The molecule has 2 aromatic carbocycles. The van der Waals surface area contributed by atoms with E-state index in [4.69, 9.17) is 5.26 Å². The Hall–Kier alpha value is -2.87. The smallest absolute Gasteiger partial charge is 0.246 e. The van der Waals surface area contributed by atoms with Crippen LogP contribution in [0.15, 0.2) is 42.5 Å². The van der Waals surface area contributed by atoms with Gasteiger partial charge in [0.25, 0.3) is 0 Å². The van der Waals surface area contributed by atoms with Crippen molar-refractivity contribution >= 4 is 17.3 Å². The summed E-state index contributed by atoms with van der Waals surface area (Å²) in [6.45, 7) is 3.50. The van der Waals surface area contributed by atoms with E-state index in [2.05, 4.69) is 10.6 Å². The monoisotopic (exact) mass is 297 g/mol. The molecule has 2 aromatic rings. The zero-order valence-corrected chi connectivity index (χ0v) is 12.4. The number of anilines is 2. The van der Waals surface area contributed by atoms with Crippen LogP contribution in [0.2, 0.25) is 0 Å². The van der Waals surface area contributed by atoms with Crippen molar-refractivity contribution in [2.45, 2.75) is 19.9 Å². The molecule has 1 amide bonds. The molecule has 112 valence electrons. The summed E-state index contributed by atoms with van der Waals surface area (Å²) in [6, 6.07) is 12.5. The van der Waals surface area contributed by atoms with Crippen molar-refractivity contribution in [2.24, 2.45) is 0 Å². The summed E-state index contributed by atoms with van der Waals surface area (Å²) in [5.74, 6) is -0.522. The second-order valence-corrected chi connectivity index (χ2v) is 5.00. The molecule has 0 saturated carbocycles. The Morgan fingerprint density at radius 2 is 1.91 bits per heavy atom. The van der Waals surface area contributed by atoms with Gasteiger partial charge in [0.1, 0.15) is 11.9 Å². The van der Waals surface area contributed by atoms with Crippen molar-refractivity contribution in [3.8, 4) is 6.07 Å². The van der Waals surface area contributed by atoms with E-state index in [0.717, 1.165) is 5.56 Å². The van der Waals surface area contributed by atoms with E-state index in [1.165, 1.54) is 12.1 Å². The third-order valence-corrected chi connectivity index (χ3v) is 3.24. The molecule has 0 spiro atoms. The molecule has 0 radical (unpaired) electrons. The molecule has 0 bridgehead atoms. The van der Waals surface area contributed by atoms with Gasteiger partial charge in [-0.05, 0) is 61.9 Å². The van der Waals surface area contributed by atoms with Crippen molar-refractivity contribution in [3.05, 3.63) is 59.4 Å². The molecular formula is C17H16FN3O. The Morgan fingerprint density at radius 3 is 2.50 bits per heavy atom. The Balaban J connectivity index is 2.01.